The van der Waals surface area contributed by atoms with Crippen LogP contribution < -0.4 is 5.32 Å². The second kappa shape index (κ2) is 8.24. The third kappa shape index (κ3) is 4.59. The Morgan fingerprint density at radius 1 is 1.21 bits per heavy atom. The van der Waals surface area contributed by atoms with Gasteiger partial charge >= 0.3 is 0 Å². The number of likely N-dealkylation sites (tertiary alicyclic amines) is 1. The number of carbonyl (C=O) groups excluding carboxylic acids is 1. The van der Waals surface area contributed by atoms with Gasteiger partial charge in [0.2, 0.25) is 5.91 Å². The first-order valence-corrected chi connectivity index (χ1v) is 9.90. The number of aromatic nitrogens is 4. The summed E-state index contributed by atoms with van der Waals surface area (Å²) >= 11 is 0. The summed E-state index contributed by atoms with van der Waals surface area (Å²) in [6.45, 7) is 3.50. The average molecular weight is 396 g/mol. The molecule has 0 aliphatic carbocycles. The number of pyridine rings is 2. The predicted molar refractivity (Wildman–Crippen MR) is 110 cm³/mol. The van der Waals surface area contributed by atoms with Crippen molar-refractivity contribution in [3.63, 3.8) is 0 Å². The highest BCUT2D eigenvalue weighted by Crippen LogP contribution is 2.24. The second-order valence-electron chi connectivity index (χ2n) is 7.73. The summed E-state index contributed by atoms with van der Waals surface area (Å²) < 4.78 is 14.9. The van der Waals surface area contributed by atoms with Crippen molar-refractivity contribution in [3.05, 3.63) is 36.9 Å². The number of carbonyl (C=O) groups is 1. The fraction of sp³-hybridized carbons (Fsp3) is 0.429. The van der Waals surface area contributed by atoms with E-state index in [0.717, 1.165) is 48.0 Å². The molecule has 1 saturated heterocycles. The van der Waals surface area contributed by atoms with E-state index in [0.29, 0.717) is 12.4 Å². The second-order valence-corrected chi connectivity index (χ2v) is 7.73. The molecular formula is C21H25FN6O. The van der Waals surface area contributed by atoms with E-state index in [9.17, 15) is 9.18 Å². The molecule has 8 heteroatoms. The van der Waals surface area contributed by atoms with Crippen LogP contribution in [0.3, 0.4) is 0 Å². The number of fused-ring (bicyclic) bond motifs is 1. The summed E-state index contributed by atoms with van der Waals surface area (Å²) in [5, 5.41) is 8.04. The molecule has 4 heterocycles. The van der Waals surface area contributed by atoms with E-state index in [-0.39, 0.29) is 11.8 Å². The third-order valence-corrected chi connectivity index (χ3v) is 5.33. The average Bonchev–Trinajstić information content (AvgIpc) is 3.14. The lowest BCUT2D eigenvalue weighted by molar-refractivity contribution is -0.121. The number of nitrogens with zero attached hydrogens (tertiary/aromatic N) is 5. The Labute approximate surface area is 168 Å². The molecule has 29 heavy (non-hydrogen) atoms. The molecule has 3 aromatic heterocycles. The number of nitrogens with one attached hydrogen (secondary N) is 1. The monoisotopic (exact) mass is 396 g/mol. The van der Waals surface area contributed by atoms with Crippen molar-refractivity contribution in [2.45, 2.75) is 25.9 Å². The number of rotatable bonds is 5. The molecule has 1 atom stereocenters. The molecule has 4 rings (SSSR count). The number of halogens is 1. The Bertz CT molecular complexity index is 1010. The molecule has 0 unspecified atom stereocenters. The largest absolute Gasteiger partial charge is 0.310 e. The number of hydrogen-bond donors (Lipinski definition) is 1. The van der Waals surface area contributed by atoms with Crippen LogP contribution in [0.4, 0.5) is 10.2 Å². The normalized spacial score (nSPS) is 16.8. The van der Waals surface area contributed by atoms with Gasteiger partial charge in [-0.05, 0) is 45.0 Å². The summed E-state index contributed by atoms with van der Waals surface area (Å²) in [7, 11) is 1.87. The smallest absolute Gasteiger partial charge is 0.228 e. The van der Waals surface area contributed by atoms with Crippen molar-refractivity contribution in [1.82, 2.24) is 24.6 Å². The molecule has 1 fully saturated rings. The fourth-order valence-corrected chi connectivity index (χ4v) is 3.79. The van der Waals surface area contributed by atoms with Crippen LogP contribution in [0.15, 0.2) is 36.9 Å². The summed E-state index contributed by atoms with van der Waals surface area (Å²) in [4.78, 5) is 23.5. The number of anilines is 1. The molecule has 1 amide bonds. The number of aryl methyl sites for hydroxylation is 1. The molecular weight excluding hydrogens is 371 g/mol. The van der Waals surface area contributed by atoms with Gasteiger partial charge in [-0.25, -0.2) is 9.37 Å². The zero-order chi connectivity index (χ0) is 20.4. The maximum atomic E-state index is 13.2. The first-order chi connectivity index (χ1) is 14.0. The lowest BCUT2D eigenvalue weighted by atomic mass is 9.96. The molecule has 7 nitrogen and oxygen atoms in total. The molecule has 1 aliphatic heterocycles. The van der Waals surface area contributed by atoms with E-state index in [1.807, 2.05) is 25.4 Å². The number of alkyl halides is 1. The third-order valence-electron chi connectivity index (χ3n) is 5.33. The van der Waals surface area contributed by atoms with Crippen LogP contribution in [-0.4, -0.2) is 56.4 Å². The number of hydrogen-bond acceptors (Lipinski definition) is 5. The van der Waals surface area contributed by atoms with Gasteiger partial charge in [-0.1, -0.05) is 0 Å². The molecule has 0 aromatic carbocycles. The molecule has 1 aliphatic rings. The van der Waals surface area contributed by atoms with Gasteiger partial charge in [-0.2, -0.15) is 5.10 Å². The highest BCUT2D eigenvalue weighted by atomic mass is 19.1. The lowest BCUT2D eigenvalue weighted by Crippen LogP contribution is -2.40. The zero-order valence-corrected chi connectivity index (χ0v) is 16.7. The van der Waals surface area contributed by atoms with E-state index >= 15 is 0 Å². The van der Waals surface area contributed by atoms with E-state index in [4.69, 9.17) is 0 Å². The number of amides is 1. The van der Waals surface area contributed by atoms with Gasteiger partial charge in [0.15, 0.2) is 0 Å². The minimum atomic E-state index is -0.840. The van der Waals surface area contributed by atoms with E-state index in [1.165, 1.54) is 0 Å². The Morgan fingerprint density at radius 2 is 2.00 bits per heavy atom. The molecule has 0 spiro atoms. The minimum Gasteiger partial charge on any atom is -0.310 e. The van der Waals surface area contributed by atoms with Crippen LogP contribution >= 0.6 is 0 Å². The fourth-order valence-electron chi connectivity index (χ4n) is 3.79. The standard InChI is InChI=1S/C21H25FN6O/c1-14(22)12-28-5-3-15(4-6-28)21(29)26-20-8-16-7-17(9-23-19(16)11-24-20)18-10-25-27(2)13-18/h7-11,13-15H,3-6,12H2,1-2H3,(H,24,26,29)/t14-/m1/s1. The molecule has 3 aromatic rings. The van der Waals surface area contributed by atoms with E-state index in [1.54, 1.807) is 30.2 Å². The first kappa shape index (κ1) is 19.4. The van der Waals surface area contributed by atoms with Gasteiger partial charge in [-0.3, -0.25) is 14.5 Å². The van der Waals surface area contributed by atoms with Gasteiger partial charge < -0.3 is 10.2 Å². The van der Waals surface area contributed by atoms with Crippen molar-refractivity contribution >= 4 is 22.6 Å². The van der Waals surface area contributed by atoms with Crippen LogP contribution in [0, 0.1) is 5.92 Å². The van der Waals surface area contributed by atoms with Gasteiger partial charge in [0.1, 0.15) is 12.0 Å². The number of piperidine rings is 1. The topological polar surface area (TPSA) is 75.9 Å². The van der Waals surface area contributed by atoms with Crippen LogP contribution in [-0.2, 0) is 11.8 Å². The van der Waals surface area contributed by atoms with Crippen LogP contribution in [0.25, 0.3) is 22.0 Å². The summed E-state index contributed by atoms with van der Waals surface area (Å²) in [6, 6.07) is 3.87. The summed E-state index contributed by atoms with van der Waals surface area (Å²) in [6.07, 6.45) is 7.82. The van der Waals surface area contributed by atoms with Crippen molar-refractivity contribution in [2.75, 3.05) is 25.0 Å². The molecule has 152 valence electrons. The Balaban J connectivity index is 1.44. The van der Waals surface area contributed by atoms with Crippen molar-refractivity contribution in [2.24, 2.45) is 13.0 Å². The van der Waals surface area contributed by atoms with Crippen LogP contribution in [0.5, 0.6) is 0 Å². The maximum absolute atomic E-state index is 13.2. The lowest BCUT2D eigenvalue weighted by Gasteiger charge is -2.31. The first-order valence-electron chi connectivity index (χ1n) is 9.90. The van der Waals surface area contributed by atoms with E-state index in [2.05, 4.69) is 25.3 Å². The Morgan fingerprint density at radius 3 is 2.69 bits per heavy atom. The van der Waals surface area contributed by atoms with Crippen molar-refractivity contribution in [1.29, 1.82) is 0 Å². The highest BCUT2D eigenvalue weighted by molar-refractivity contribution is 5.94. The molecule has 1 N–H and O–H groups in total. The van der Waals surface area contributed by atoms with Crippen molar-refractivity contribution < 1.29 is 9.18 Å². The molecule has 0 saturated carbocycles. The minimum absolute atomic E-state index is 0.0267. The zero-order valence-electron chi connectivity index (χ0n) is 16.7. The highest BCUT2D eigenvalue weighted by Gasteiger charge is 2.25. The summed E-state index contributed by atoms with van der Waals surface area (Å²) in [5.41, 5.74) is 2.71. The Hall–Kier alpha value is -2.87. The molecule has 0 radical (unpaired) electrons. The molecule has 0 bridgehead atoms. The predicted octanol–water partition coefficient (Wildman–Crippen LogP) is 3.04. The maximum Gasteiger partial charge on any atom is 0.228 e. The van der Waals surface area contributed by atoms with Gasteiger partial charge in [0, 0.05) is 48.4 Å². The van der Waals surface area contributed by atoms with E-state index < -0.39 is 6.17 Å². The van der Waals surface area contributed by atoms with Crippen LogP contribution in [0.2, 0.25) is 0 Å². The van der Waals surface area contributed by atoms with Crippen molar-refractivity contribution in [3.8, 4) is 11.1 Å². The summed E-state index contributed by atoms with van der Waals surface area (Å²) in [5.74, 6) is 0.423. The van der Waals surface area contributed by atoms with Crippen LogP contribution in [0.1, 0.15) is 19.8 Å². The SMILES string of the molecule is C[C@@H](F)CN1CCC(C(=O)Nc2cc3cc(-c4cnn(C)c4)cnc3cn2)CC1. The Kier molecular flexibility index (Phi) is 5.53. The van der Waals surface area contributed by atoms with Gasteiger partial charge in [0.05, 0.1) is 17.9 Å². The quantitative estimate of drug-likeness (QED) is 0.717. The van der Waals surface area contributed by atoms with Gasteiger partial charge in [0.25, 0.3) is 0 Å². The van der Waals surface area contributed by atoms with Gasteiger partial charge in [-0.15, -0.1) is 0 Å².